The summed E-state index contributed by atoms with van der Waals surface area (Å²) in [5.41, 5.74) is 14.7. The summed E-state index contributed by atoms with van der Waals surface area (Å²) >= 11 is 12.4. The van der Waals surface area contributed by atoms with Gasteiger partial charge in [-0.2, -0.15) is 0 Å². The smallest absolute Gasteiger partial charge is 0.274 e. The van der Waals surface area contributed by atoms with Crippen molar-refractivity contribution >= 4 is 46.2 Å². The molecule has 188 valence electrons. The van der Waals surface area contributed by atoms with Crippen LogP contribution in [-0.2, 0) is 0 Å². The first kappa shape index (κ1) is 25.9. The number of carbonyl (C=O) groups is 1. The van der Waals surface area contributed by atoms with Gasteiger partial charge in [-0.05, 0) is 42.5 Å². The number of methoxy groups -OCH3 is 1. The lowest BCUT2D eigenvalue weighted by atomic mass is 9.99. The van der Waals surface area contributed by atoms with Crippen molar-refractivity contribution in [3.05, 3.63) is 106 Å². The molecule has 1 atom stereocenters. The Bertz CT molecular complexity index is 1450. The number of nitrogen functional groups attached to an aromatic ring is 1. The maximum atomic E-state index is 12.6. The van der Waals surface area contributed by atoms with E-state index >= 15 is 0 Å². The minimum absolute atomic E-state index is 0.0729. The molecule has 2 aromatic carbocycles. The fourth-order valence-electron chi connectivity index (χ4n) is 3.50. The molecule has 0 radical (unpaired) electrons. The molecular weight excluding hydrogens is 515 g/mol. The third kappa shape index (κ3) is 5.97. The molecular formula is C26H22Cl2N6O3. The first-order chi connectivity index (χ1) is 17.8. The Morgan fingerprint density at radius 3 is 2.49 bits per heavy atom. The molecule has 11 heteroatoms. The number of halogens is 2. The molecule has 37 heavy (non-hydrogen) atoms. The Morgan fingerprint density at radius 1 is 1.05 bits per heavy atom. The van der Waals surface area contributed by atoms with Gasteiger partial charge >= 0.3 is 0 Å². The molecule has 0 saturated carbocycles. The van der Waals surface area contributed by atoms with Crippen molar-refractivity contribution in [1.29, 1.82) is 5.41 Å². The predicted octanol–water partition coefficient (Wildman–Crippen LogP) is 5.08. The average Bonchev–Trinajstić information content (AvgIpc) is 2.89. The number of hydrogen-bond acceptors (Lipinski definition) is 8. The molecule has 0 aliphatic heterocycles. The van der Waals surface area contributed by atoms with Crippen LogP contribution in [0.25, 0.3) is 0 Å². The summed E-state index contributed by atoms with van der Waals surface area (Å²) in [6.07, 6.45) is 3.38. The summed E-state index contributed by atoms with van der Waals surface area (Å²) in [6, 6.07) is 14.8. The summed E-state index contributed by atoms with van der Waals surface area (Å²) in [4.78, 5) is 20.6. The van der Waals surface area contributed by atoms with Gasteiger partial charge in [-0.3, -0.25) is 25.9 Å². The number of benzene rings is 2. The molecule has 4 rings (SSSR count). The molecule has 0 spiro atoms. The van der Waals surface area contributed by atoms with Gasteiger partial charge in [-0.15, -0.1) is 0 Å². The number of nitrogens with one attached hydrogen (secondary N) is 2. The highest BCUT2D eigenvalue weighted by atomic mass is 35.5. The van der Waals surface area contributed by atoms with Crippen LogP contribution in [0.1, 0.15) is 33.4 Å². The molecule has 0 bridgehead atoms. The zero-order valence-corrected chi connectivity index (χ0v) is 21.0. The number of carbonyl (C=O) groups excluding carboxylic acids is 1. The monoisotopic (exact) mass is 536 g/mol. The van der Waals surface area contributed by atoms with Crippen LogP contribution in [0.4, 0.5) is 11.4 Å². The van der Waals surface area contributed by atoms with Gasteiger partial charge < -0.3 is 20.5 Å². The van der Waals surface area contributed by atoms with Crippen molar-refractivity contribution in [1.82, 2.24) is 9.97 Å². The Hall–Kier alpha value is -4.18. The van der Waals surface area contributed by atoms with E-state index < -0.39 is 12.1 Å². The molecule has 0 saturated heterocycles. The Morgan fingerprint density at radius 2 is 1.81 bits per heavy atom. The average molecular weight is 537 g/mol. The van der Waals surface area contributed by atoms with Crippen LogP contribution in [0.2, 0.25) is 10.0 Å². The van der Waals surface area contributed by atoms with Gasteiger partial charge in [0.15, 0.2) is 6.23 Å². The van der Waals surface area contributed by atoms with Crippen molar-refractivity contribution in [2.24, 2.45) is 5.73 Å². The minimum atomic E-state index is -0.987. The summed E-state index contributed by atoms with van der Waals surface area (Å²) in [5, 5.41) is 12.1. The van der Waals surface area contributed by atoms with Crippen LogP contribution in [0, 0.1) is 5.41 Å². The molecule has 4 aromatic rings. The Labute approximate surface area is 222 Å². The molecule has 0 aliphatic carbocycles. The summed E-state index contributed by atoms with van der Waals surface area (Å²) in [7, 11) is 1.49. The lowest BCUT2D eigenvalue weighted by Gasteiger charge is -2.18. The van der Waals surface area contributed by atoms with E-state index in [0.29, 0.717) is 39.6 Å². The maximum absolute atomic E-state index is 12.6. The van der Waals surface area contributed by atoms with Gasteiger partial charge in [0.2, 0.25) is 0 Å². The third-order valence-electron chi connectivity index (χ3n) is 5.32. The van der Waals surface area contributed by atoms with E-state index in [2.05, 4.69) is 15.3 Å². The number of hydrogen-bond donors (Lipinski definition) is 4. The van der Waals surface area contributed by atoms with Gasteiger partial charge in [0.05, 0.1) is 22.9 Å². The van der Waals surface area contributed by atoms with Crippen LogP contribution in [0.5, 0.6) is 11.5 Å². The number of ether oxygens (including phenoxy) is 2. The molecule has 2 aromatic heterocycles. The number of anilines is 2. The number of amides is 1. The van der Waals surface area contributed by atoms with Gasteiger partial charge in [0, 0.05) is 52.7 Å². The van der Waals surface area contributed by atoms with E-state index in [1.165, 1.54) is 25.7 Å². The number of pyridine rings is 2. The lowest BCUT2D eigenvalue weighted by Crippen LogP contribution is -2.19. The van der Waals surface area contributed by atoms with Crippen LogP contribution in [0.3, 0.4) is 0 Å². The quantitative estimate of drug-likeness (QED) is 0.139. The molecule has 6 N–H and O–H groups in total. The number of rotatable bonds is 8. The van der Waals surface area contributed by atoms with Crippen LogP contribution < -0.4 is 26.3 Å². The summed E-state index contributed by atoms with van der Waals surface area (Å²) in [5.74, 6) is 0.383. The van der Waals surface area contributed by atoms with Gasteiger partial charge in [0.1, 0.15) is 17.2 Å². The predicted molar refractivity (Wildman–Crippen MR) is 144 cm³/mol. The summed E-state index contributed by atoms with van der Waals surface area (Å²) in [6.45, 7) is 0. The SMILES string of the molecule is COc1cc(NC(=O)c2ccccn2)cc(C(=N)c2cc(O[C@H](N)c3c(Cl)cncc3Cl)ccc2N)c1. The molecule has 9 nitrogen and oxygen atoms in total. The van der Waals surface area contributed by atoms with Crippen LogP contribution in [-0.4, -0.2) is 28.7 Å². The van der Waals surface area contributed by atoms with Crippen LogP contribution >= 0.6 is 23.2 Å². The molecule has 2 heterocycles. The van der Waals surface area contributed by atoms with Gasteiger partial charge in [-0.25, -0.2) is 0 Å². The largest absolute Gasteiger partial charge is 0.497 e. The molecule has 1 amide bonds. The molecule has 0 fully saturated rings. The minimum Gasteiger partial charge on any atom is -0.497 e. The second-order valence-electron chi connectivity index (χ2n) is 7.80. The fraction of sp³-hybridized carbons (Fsp3) is 0.0769. The molecule has 0 unspecified atom stereocenters. The number of nitrogens with zero attached hydrogens (tertiary/aromatic N) is 2. The van der Waals surface area contributed by atoms with Crippen molar-refractivity contribution in [2.75, 3.05) is 18.2 Å². The second kappa shape index (κ2) is 11.3. The highest BCUT2D eigenvalue weighted by Crippen LogP contribution is 2.32. The third-order valence-corrected chi connectivity index (χ3v) is 5.92. The second-order valence-corrected chi connectivity index (χ2v) is 8.61. The van der Waals surface area contributed by atoms with E-state index in [9.17, 15) is 4.79 Å². The van der Waals surface area contributed by atoms with Crippen LogP contribution in [0.15, 0.2) is 73.2 Å². The maximum Gasteiger partial charge on any atom is 0.274 e. The number of nitrogens with two attached hydrogens (primary N) is 2. The first-order valence-corrected chi connectivity index (χ1v) is 11.6. The van der Waals surface area contributed by atoms with Crippen molar-refractivity contribution in [3.63, 3.8) is 0 Å². The van der Waals surface area contributed by atoms with Crippen molar-refractivity contribution in [2.45, 2.75) is 6.23 Å². The highest BCUT2D eigenvalue weighted by Gasteiger charge is 2.19. The standard InChI is InChI=1S/C26H22Cl2N6O3/c1-36-17-9-14(8-15(10-17)34-26(35)22-4-2-3-7-33-22)24(30)18-11-16(5-6-21(18)29)37-25(31)23-19(27)12-32-13-20(23)28/h2-13,25,30H,29,31H2,1H3,(H,34,35)/t25-/m0/s1. The Balaban J connectivity index is 1.62. The van der Waals surface area contributed by atoms with Gasteiger partial charge in [0.25, 0.3) is 5.91 Å². The zero-order chi connectivity index (χ0) is 26.5. The van der Waals surface area contributed by atoms with Crippen molar-refractivity contribution in [3.8, 4) is 11.5 Å². The first-order valence-electron chi connectivity index (χ1n) is 10.9. The molecule has 0 aliphatic rings. The summed E-state index contributed by atoms with van der Waals surface area (Å²) < 4.78 is 11.2. The normalized spacial score (nSPS) is 11.5. The van der Waals surface area contributed by atoms with E-state index in [0.717, 1.165) is 0 Å². The van der Waals surface area contributed by atoms with Gasteiger partial charge in [-0.1, -0.05) is 29.3 Å². The van der Waals surface area contributed by atoms with E-state index in [1.54, 1.807) is 54.6 Å². The lowest BCUT2D eigenvalue weighted by molar-refractivity contribution is 0.102. The topological polar surface area (TPSA) is 149 Å². The fourth-order valence-corrected chi connectivity index (χ4v) is 4.08. The van der Waals surface area contributed by atoms with E-state index in [1.807, 2.05) is 0 Å². The number of aromatic nitrogens is 2. The van der Waals surface area contributed by atoms with E-state index in [4.69, 9.17) is 49.6 Å². The van der Waals surface area contributed by atoms with Crippen molar-refractivity contribution < 1.29 is 14.3 Å². The highest BCUT2D eigenvalue weighted by molar-refractivity contribution is 6.35. The Kier molecular flexibility index (Phi) is 7.88. The van der Waals surface area contributed by atoms with E-state index in [-0.39, 0.29) is 21.5 Å². The zero-order valence-electron chi connectivity index (χ0n) is 19.5.